The quantitative estimate of drug-likeness (QED) is 0.391. The summed E-state index contributed by atoms with van der Waals surface area (Å²) in [4.78, 5) is 41.3. The molecule has 0 rings (SSSR count). The van der Waals surface area contributed by atoms with E-state index >= 15 is 0 Å². The van der Waals surface area contributed by atoms with Crippen molar-refractivity contribution in [3.8, 4) is 0 Å². The highest BCUT2D eigenvalue weighted by molar-refractivity contribution is 5.93. The molecular formula is C14H16O8. The molecule has 0 aliphatic heterocycles. The summed E-state index contributed by atoms with van der Waals surface area (Å²) in [5.41, 5.74) is -0.297. The van der Waals surface area contributed by atoms with Crippen LogP contribution in [0.3, 0.4) is 0 Å². The van der Waals surface area contributed by atoms with Crippen molar-refractivity contribution in [2.24, 2.45) is 0 Å². The molecule has 120 valence electrons. The summed E-state index contributed by atoms with van der Waals surface area (Å²) in [6, 6.07) is 0. The highest BCUT2D eigenvalue weighted by Crippen LogP contribution is 2.03. The predicted molar refractivity (Wildman–Crippen MR) is 75.4 cm³/mol. The maximum atomic E-state index is 10.9. The standard InChI is InChI=1S/C9H10O4.C5H6O4/c1-4-12-8(10)6-7(3)9(11)13-5-2;1-3(5(8)9)2-4(6)7/h4-5H,1-3,6H2;1-2H2,(H,6,7)(H,8,9). The highest BCUT2D eigenvalue weighted by Gasteiger charge is 2.12. The van der Waals surface area contributed by atoms with Crippen molar-refractivity contribution in [1.29, 1.82) is 0 Å². The number of rotatable bonds is 8. The Morgan fingerprint density at radius 2 is 1.36 bits per heavy atom. The second kappa shape index (κ2) is 11.6. The molecule has 0 unspecified atom stereocenters. The zero-order valence-electron chi connectivity index (χ0n) is 11.7. The minimum atomic E-state index is -1.27. The van der Waals surface area contributed by atoms with E-state index in [1.165, 1.54) is 0 Å². The third-order valence-electron chi connectivity index (χ3n) is 1.72. The lowest BCUT2D eigenvalue weighted by Crippen LogP contribution is -2.09. The molecule has 8 nitrogen and oxygen atoms in total. The van der Waals surface area contributed by atoms with E-state index in [2.05, 4.69) is 35.8 Å². The summed E-state index contributed by atoms with van der Waals surface area (Å²) < 4.78 is 8.75. The molecule has 0 aliphatic carbocycles. The van der Waals surface area contributed by atoms with Gasteiger partial charge in [0, 0.05) is 11.1 Å². The van der Waals surface area contributed by atoms with Crippen LogP contribution in [0, 0.1) is 0 Å². The lowest BCUT2D eigenvalue weighted by Gasteiger charge is -2.01. The van der Waals surface area contributed by atoms with Gasteiger partial charge in [0.2, 0.25) is 0 Å². The minimum Gasteiger partial charge on any atom is -0.481 e. The van der Waals surface area contributed by atoms with Gasteiger partial charge >= 0.3 is 23.9 Å². The Hall–Kier alpha value is -3.16. The van der Waals surface area contributed by atoms with Gasteiger partial charge in [-0.15, -0.1) is 0 Å². The van der Waals surface area contributed by atoms with E-state index in [9.17, 15) is 19.2 Å². The molecule has 0 radical (unpaired) electrons. The fourth-order valence-corrected chi connectivity index (χ4v) is 0.798. The SMILES string of the molecule is C=C(CC(=O)O)C(=O)O.C=COC(=O)CC(=C)C(=O)OC=C. The van der Waals surface area contributed by atoms with Gasteiger partial charge in [0.1, 0.15) is 0 Å². The average Bonchev–Trinajstić information content (AvgIpc) is 2.38. The molecule has 0 atom stereocenters. The van der Waals surface area contributed by atoms with Crippen LogP contribution in [0.4, 0.5) is 0 Å². The Morgan fingerprint density at radius 3 is 1.68 bits per heavy atom. The first-order valence-corrected chi connectivity index (χ1v) is 5.58. The number of hydrogen-bond donors (Lipinski definition) is 2. The molecule has 22 heavy (non-hydrogen) atoms. The van der Waals surface area contributed by atoms with Crippen molar-refractivity contribution in [1.82, 2.24) is 0 Å². The minimum absolute atomic E-state index is 0.00625. The van der Waals surface area contributed by atoms with Crippen LogP contribution in [0.2, 0.25) is 0 Å². The Labute approximate surface area is 126 Å². The van der Waals surface area contributed by atoms with Crippen LogP contribution in [0.1, 0.15) is 12.8 Å². The Kier molecular flexibility index (Phi) is 11.2. The smallest absolute Gasteiger partial charge is 0.338 e. The summed E-state index contributed by atoms with van der Waals surface area (Å²) in [6.07, 6.45) is 1.22. The zero-order chi connectivity index (χ0) is 17.7. The van der Waals surface area contributed by atoms with Crippen LogP contribution < -0.4 is 0 Å². The number of carboxylic acids is 2. The summed E-state index contributed by atoms with van der Waals surface area (Å²) in [6.45, 7) is 12.7. The van der Waals surface area contributed by atoms with E-state index in [0.29, 0.717) is 0 Å². The van der Waals surface area contributed by atoms with E-state index in [4.69, 9.17) is 10.2 Å². The van der Waals surface area contributed by atoms with Crippen molar-refractivity contribution in [3.05, 3.63) is 50.0 Å². The van der Waals surface area contributed by atoms with E-state index in [1.807, 2.05) is 0 Å². The second-order valence-corrected chi connectivity index (χ2v) is 3.49. The monoisotopic (exact) mass is 312 g/mol. The number of ether oxygens (including phenoxy) is 2. The fraction of sp³-hybridized carbons (Fsp3) is 0.143. The van der Waals surface area contributed by atoms with Gasteiger partial charge in [-0.2, -0.15) is 0 Å². The first-order valence-electron chi connectivity index (χ1n) is 5.58. The molecule has 0 aromatic heterocycles. The van der Waals surface area contributed by atoms with Crippen LogP contribution >= 0.6 is 0 Å². The molecule has 2 N–H and O–H groups in total. The number of carbonyl (C=O) groups is 4. The average molecular weight is 312 g/mol. The number of esters is 2. The van der Waals surface area contributed by atoms with Crippen molar-refractivity contribution in [3.63, 3.8) is 0 Å². The van der Waals surface area contributed by atoms with Crippen LogP contribution in [-0.4, -0.2) is 34.1 Å². The highest BCUT2D eigenvalue weighted by atomic mass is 16.5. The molecule has 0 heterocycles. The fourth-order valence-electron chi connectivity index (χ4n) is 0.798. The lowest BCUT2D eigenvalue weighted by atomic mass is 10.2. The molecular weight excluding hydrogens is 296 g/mol. The molecule has 0 aromatic carbocycles. The van der Waals surface area contributed by atoms with Crippen molar-refractivity contribution in [2.75, 3.05) is 0 Å². The van der Waals surface area contributed by atoms with Crippen LogP contribution in [0.5, 0.6) is 0 Å². The summed E-state index contributed by atoms with van der Waals surface area (Å²) in [7, 11) is 0. The normalized spacial score (nSPS) is 8.36. The van der Waals surface area contributed by atoms with Crippen LogP contribution in [0.15, 0.2) is 50.0 Å². The lowest BCUT2D eigenvalue weighted by molar-refractivity contribution is -0.140. The summed E-state index contributed by atoms with van der Waals surface area (Å²) >= 11 is 0. The van der Waals surface area contributed by atoms with Gasteiger partial charge in [0.25, 0.3) is 0 Å². The van der Waals surface area contributed by atoms with Gasteiger partial charge in [-0.05, 0) is 0 Å². The van der Waals surface area contributed by atoms with E-state index in [0.717, 1.165) is 12.5 Å². The zero-order valence-corrected chi connectivity index (χ0v) is 11.7. The van der Waals surface area contributed by atoms with E-state index in [1.54, 1.807) is 0 Å². The topological polar surface area (TPSA) is 127 Å². The van der Waals surface area contributed by atoms with Crippen LogP contribution in [0.25, 0.3) is 0 Å². The van der Waals surface area contributed by atoms with Crippen molar-refractivity contribution < 1.29 is 38.9 Å². The number of carboxylic acid groups (broad SMARTS) is 2. The van der Waals surface area contributed by atoms with Crippen molar-refractivity contribution >= 4 is 23.9 Å². The first kappa shape index (κ1) is 21.1. The van der Waals surface area contributed by atoms with Gasteiger partial charge in [-0.3, -0.25) is 9.59 Å². The Bertz CT molecular complexity index is 501. The van der Waals surface area contributed by atoms with Crippen LogP contribution in [-0.2, 0) is 28.7 Å². The maximum Gasteiger partial charge on any atom is 0.338 e. The molecule has 0 bridgehead atoms. The number of carbonyl (C=O) groups excluding carboxylic acids is 2. The van der Waals surface area contributed by atoms with E-state index < -0.39 is 30.3 Å². The molecule has 0 fully saturated rings. The van der Waals surface area contributed by atoms with Crippen molar-refractivity contribution in [2.45, 2.75) is 12.8 Å². The maximum absolute atomic E-state index is 10.9. The number of hydrogen-bond acceptors (Lipinski definition) is 6. The first-order chi connectivity index (χ1) is 10.1. The molecule has 0 saturated heterocycles. The molecule has 8 heteroatoms. The number of aliphatic carboxylic acids is 2. The third-order valence-corrected chi connectivity index (χ3v) is 1.72. The predicted octanol–water partition coefficient (Wildman–Crippen LogP) is 1.41. The Balaban J connectivity index is 0. The van der Waals surface area contributed by atoms with Gasteiger partial charge in [-0.1, -0.05) is 26.3 Å². The molecule has 0 spiro atoms. The molecule has 0 aliphatic rings. The second-order valence-electron chi connectivity index (χ2n) is 3.49. The van der Waals surface area contributed by atoms with Gasteiger partial charge in [0.05, 0.1) is 25.4 Å². The van der Waals surface area contributed by atoms with Gasteiger partial charge in [-0.25, -0.2) is 9.59 Å². The Morgan fingerprint density at radius 1 is 0.864 bits per heavy atom. The van der Waals surface area contributed by atoms with Gasteiger partial charge in [0.15, 0.2) is 0 Å². The summed E-state index contributed by atoms with van der Waals surface area (Å²) in [5.74, 6) is -3.75. The largest absolute Gasteiger partial charge is 0.481 e. The molecule has 0 aromatic rings. The van der Waals surface area contributed by atoms with E-state index in [-0.39, 0.29) is 17.6 Å². The molecule has 0 amide bonds. The van der Waals surface area contributed by atoms with Gasteiger partial charge < -0.3 is 19.7 Å². The third kappa shape index (κ3) is 11.9. The summed E-state index contributed by atoms with van der Waals surface area (Å²) in [5, 5.41) is 16.1. The molecule has 0 saturated carbocycles.